The van der Waals surface area contributed by atoms with Crippen LogP contribution in [0.2, 0.25) is 0 Å². The Morgan fingerprint density at radius 3 is 2.25 bits per heavy atom. The average Bonchev–Trinajstić information content (AvgIpc) is 2.59. The molecular formula is C21H27NOS. The van der Waals surface area contributed by atoms with Crippen molar-refractivity contribution >= 4 is 23.7 Å². The highest BCUT2D eigenvalue weighted by atomic mass is 32.2. The van der Waals surface area contributed by atoms with Gasteiger partial charge in [0.2, 0.25) is 0 Å². The van der Waals surface area contributed by atoms with Crippen molar-refractivity contribution in [2.24, 2.45) is 0 Å². The third-order valence-electron chi connectivity index (χ3n) is 4.07. The standard InChI is InChI=1S/C21H27NOS/c1-17(2)22(20-10-8-19(16-23)9-11-20)14-4-5-15-24-21-12-6-18(3)7-13-21/h6-13,16-17H,4-5,14-15H2,1-3H3. The Labute approximate surface area is 150 Å². The number of carbonyl (C=O) groups is 1. The zero-order valence-corrected chi connectivity index (χ0v) is 15.7. The van der Waals surface area contributed by atoms with Gasteiger partial charge >= 0.3 is 0 Å². The number of thioether (sulfide) groups is 1. The fourth-order valence-electron chi connectivity index (χ4n) is 2.64. The smallest absolute Gasteiger partial charge is 0.150 e. The van der Waals surface area contributed by atoms with Gasteiger partial charge in [0, 0.05) is 28.7 Å². The van der Waals surface area contributed by atoms with Gasteiger partial charge in [0.25, 0.3) is 0 Å². The monoisotopic (exact) mass is 341 g/mol. The molecule has 0 radical (unpaired) electrons. The zero-order valence-electron chi connectivity index (χ0n) is 14.9. The molecule has 0 aliphatic carbocycles. The van der Waals surface area contributed by atoms with Crippen molar-refractivity contribution in [2.75, 3.05) is 17.2 Å². The number of unbranched alkanes of at least 4 members (excludes halogenated alkanes) is 1. The van der Waals surface area contributed by atoms with Gasteiger partial charge in [0.05, 0.1) is 0 Å². The van der Waals surface area contributed by atoms with Crippen molar-refractivity contribution in [3.63, 3.8) is 0 Å². The molecule has 0 fully saturated rings. The molecule has 2 aromatic carbocycles. The molecule has 128 valence electrons. The number of rotatable bonds is 9. The molecule has 2 rings (SSSR count). The minimum atomic E-state index is 0.455. The molecule has 24 heavy (non-hydrogen) atoms. The second kappa shape index (κ2) is 9.53. The number of carbonyl (C=O) groups excluding carboxylic acids is 1. The number of aryl methyl sites for hydroxylation is 1. The number of hydrogen-bond donors (Lipinski definition) is 0. The second-order valence-corrected chi connectivity index (χ2v) is 7.53. The summed E-state index contributed by atoms with van der Waals surface area (Å²) in [7, 11) is 0. The van der Waals surface area contributed by atoms with Crippen LogP contribution in [0.15, 0.2) is 53.4 Å². The first-order valence-electron chi connectivity index (χ1n) is 8.61. The van der Waals surface area contributed by atoms with Crippen LogP contribution in [0.3, 0.4) is 0 Å². The summed E-state index contributed by atoms with van der Waals surface area (Å²) in [6.45, 7) is 7.60. The SMILES string of the molecule is Cc1ccc(SCCCCN(c2ccc(C=O)cc2)C(C)C)cc1. The normalized spacial score (nSPS) is 10.8. The first kappa shape index (κ1) is 18.6. The van der Waals surface area contributed by atoms with E-state index in [4.69, 9.17) is 0 Å². The van der Waals surface area contributed by atoms with Crippen molar-refractivity contribution in [3.05, 3.63) is 59.7 Å². The quantitative estimate of drug-likeness (QED) is 0.337. The molecule has 0 aliphatic rings. The lowest BCUT2D eigenvalue weighted by molar-refractivity contribution is 0.112. The minimum Gasteiger partial charge on any atom is -0.369 e. The van der Waals surface area contributed by atoms with Gasteiger partial charge in [0.1, 0.15) is 6.29 Å². The fourth-order valence-corrected chi connectivity index (χ4v) is 3.55. The summed E-state index contributed by atoms with van der Waals surface area (Å²) in [6, 6.07) is 17.1. The number of benzene rings is 2. The molecule has 0 amide bonds. The van der Waals surface area contributed by atoms with Crippen molar-refractivity contribution in [1.82, 2.24) is 0 Å². The molecule has 0 spiro atoms. The van der Waals surface area contributed by atoms with E-state index in [0.717, 1.165) is 24.1 Å². The Morgan fingerprint density at radius 2 is 1.67 bits per heavy atom. The van der Waals surface area contributed by atoms with E-state index in [1.165, 1.54) is 29.0 Å². The Kier molecular flexibility index (Phi) is 7.38. The average molecular weight is 342 g/mol. The largest absolute Gasteiger partial charge is 0.369 e. The van der Waals surface area contributed by atoms with Crippen molar-refractivity contribution in [1.29, 1.82) is 0 Å². The maximum absolute atomic E-state index is 10.8. The Bertz CT molecular complexity index is 619. The van der Waals surface area contributed by atoms with Crippen LogP contribution in [-0.4, -0.2) is 24.6 Å². The molecule has 0 heterocycles. The van der Waals surface area contributed by atoms with Crippen molar-refractivity contribution < 1.29 is 4.79 Å². The van der Waals surface area contributed by atoms with Crippen molar-refractivity contribution in [3.8, 4) is 0 Å². The lowest BCUT2D eigenvalue weighted by atomic mass is 10.1. The molecule has 2 nitrogen and oxygen atoms in total. The number of aldehydes is 1. The zero-order chi connectivity index (χ0) is 17.4. The van der Waals surface area contributed by atoms with Crippen LogP contribution in [0.4, 0.5) is 5.69 Å². The van der Waals surface area contributed by atoms with E-state index in [9.17, 15) is 4.79 Å². The first-order valence-corrected chi connectivity index (χ1v) is 9.60. The van der Waals surface area contributed by atoms with Gasteiger partial charge in [-0.1, -0.05) is 17.7 Å². The lowest BCUT2D eigenvalue weighted by Gasteiger charge is -2.29. The third kappa shape index (κ3) is 5.72. The number of anilines is 1. The Hall–Kier alpha value is -1.74. The fraction of sp³-hybridized carbons (Fsp3) is 0.381. The maximum Gasteiger partial charge on any atom is 0.150 e. The molecule has 2 aromatic rings. The number of hydrogen-bond acceptors (Lipinski definition) is 3. The van der Waals surface area contributed by atoms with Gasteiger partial charge in [-0.15, -0.1) is 11.8 Å². The van der Waals surface area contributed by atoms with E-state index in [1.54, 1.807) is 0 Å². The molecule has 0 unspecified atom stereocenters. The summed E-state index contributed by atoms with van der Waals surface area (Å²) < 4.78 is 0. The van der Waals surface area contributed by atoms with Crippen LogP contribution in [0.5, 0.6) is 0 Å². The van der Waals surface area contributed by atoms with Gasteiger partial charge in [-0.3, -0.25) is 4.79 Å². The van der Waals surface area contributed by atoms with Gasteiger partial charge in [-0.2, -0.15) is 0 Å². The summed E-state index contributed by atoms with van der Waals surface area (Å²) in [5.41, 5.74) is 3.24. The molecule has 0 saturated heterocycles. The molecule has 0 N–H and O–H groups in total. The highest BCUT2D eigenvalue weighted by Crippen LogP contribution is 2.21. The Balaban J connectivity index is 1.78. The van der Waals surface area contributed by atoms with Crippen LogP contribution in [0.1, 0.15) is 42.6 Å². The van der Waals surface area contributed by atoms with E-state index < -0.39 is 0 Å². The topological polar surface area (TPSA) is 20.3 Å². The van der Waals surface area contributed by atoms with Crippen molar-refractivity contribution in [2.45, 2.75) is 44.6 Å². The molecule has 0 bridgehead atoms. The number of nitrogens with zero attached hydrogens (tertiary/aromatic N) is 1. The van der Waals surface area contributed by atoms with E-state index >= 15 is 0 Å². The van der Waals surface area contributed by atoms with Gasteiger partial charge in [0.15, 0.2) is 0 Å². The highest BCUT2D eigenvalue weighted by Gasteiger charge is 2.10. The van der Waals surface area contributed by atoms with Crippen LogP contribution in [0, 0.1) is 6.92 Å². The third-order valence-corrected chi connectivity index (χ3v) is 5.17. The molecule has 0 atom stereocenters. The van der Waals surface area contributed by atoms with Gasteiger partial charge in [-0.05, 0) is 75.8 Å². The summed E-state index contributed by atoms with van der Waals surface area (Å²) in [5, 5.41) is 0. The molecular weight excluding hydrogens is 314 g/mol. The summed E-state index contributed by atoms with van der Waals surface area (Å²) in [5.74, 6) is 1.15. The van der Waals surface area contributed by atoms with Crippen LogP contribution >= 0.6 is 11.8 Å². The maximum atomic E-state index is 10.8. The van der Waals surface area contributed by atoms with Crippen LogP contribution in [-0.2, 0) is 0 Å². The van der Waals surface area contributed by atoms with E-state index in [0.29, 0.717) is 6.04 Å². The predicted molar refractivity (Wildman–Crippen MR) is 105 cm³/mol. The van der Waals surface area contributed by atoms with Crippen LogP contribution < -0.4 is 4.90 Å². The minimum absolute atomic E-state index is 0.455. The first-order chi connectivity index (χ1) is 11.6. The molecule has 0 aliphatic heterocycles. The summed E-state index contributed by atoms with van der Waals surface area (Å²) in [4.78, 5) is 14.5. The molecule has 0 saturated carbocycles. The second-order valence-electron chi connectivity index (χ2n) is 6.37. The van der Waals surface area contributed by atoms with E-state index in [2.05, 4.69) is 49.9 Å². The lowest BCUT2D eigenvalue weighted by Crippen LogP contribution is -2.31. The highest BCUT2D eigenvalue weighted by molar-refractivity contribution is 7.99. The van der Waals surface area contributed by atoms with Gasteiger partial charge in [-0.25, -0.2) is 0 Å². The van der Waals surface area contributed by atoms with Crippen LogP contribution in [0.25, 0.3) is 0 Å². The van der Waals surface area contributed by atoms with E-state index in [-0.39, 0.29) is 0 Å². The van der Waals surface area contributed by atoms with E-state index in [1.807, 2.05) is 36.0 Å². The summed E-state index contributed by atoms with van der Waals surface area (Å²) in [6.07, 6.45) is 3.27. The Morgan fingerprint density at radius 1 is 1.00 bits per heavy atom. The summed E-state index contributed by atoms with van der Waals surface area (Å²) >= 11 is 1.93. The van der Waals surface area contributed by atoms with Gasteiger partial charge < -0.3 is 4.90 Å². The predicted octanol–water partition coefficient (Wildman–Crippen LogP) is 5.59. The molecule has 0 aromatic heterocycles. The molecule has 3 heteroatoms.